The standard InChI is InChI=1S/C22H27N2O6PS/c1-4-19(31(25,28-5-2)29-6-3)22-24-20(16-10-8-7-9-11-16)21(30-22)17-12-14-18(15-13-17)32(23,26)27/h7-15,19H,4-6H2,1-3H3,(H2,23,26,27). The third kappa shape index (κ3) is 5.19. The summed E-state index contributed by atoms with van der Waals surface area (Å²) in [7, 11) is -7.35. The molecule has 3 aromatic rings. The Morgan fingerprint density at radius 1 is 0.969 bits per heavy atom. The highest BCUT2D eigenvalue weighted by Gasteiger charge is 2.40. The van der Waals surface area contributed by atoms with Crippen LogP contribution >= 0.6 is 7.60 Å². The summed E-state index contributed by atoms with van der Waals surface area (Å²) in [4.78, 5) is 4.68. The van der Waals surface area contributed by atoms with Gasteiger partial charge in [0.15, 0.2) is 5.76 Å². The lowest BCUT2D eigenvalue weighted by molar-refractivity contribution is 0.207. The van der Waals surface area contributed by atoms with E-state index in [2.05, 4.69) is 4.98 Å². The molecule has 2 aromatic carbocycles. The first kappa shape index (κ1) is 24.4. The third-order valence-corrected chi connectivity index (χ3v) is 8.32. The van der Waals surface area contributed by atoms with Gasteiger partial charge in [-0.1, -0.05) is 37.3 Å². The summed E-state index contributed by atoms with van der Waals surface area (Å²) in [6.45, 7) is 5.82. The van der Waals surface area contributed by atoms with Crippen molar-refractivity contribution in [1.82, 2.24) is 4.98 Å². The predicted octanol–water partition coefficient (Wildman–Crippen LogP) is 5.37. The fourth-order valence-electron chi connectivity index (χ4n) is 3.37. The van der Waals surface area contributed by atoms with Crippen LogP contribution in [0.25, 0.3) is 22.6 Å². The number of benzene rings is 2. The van der Waals surface area contributed by atoms with Crippen LogP contribution in [0.1, 0.15) is 38.7 Å². The van der Waals surface area contributed by atoms with E-state index in [4.69, 9.17) is 18.6 Å². The van der Waals surface area contributed by atoms with E-state index in [1.54, 1.807) is 26.0 Å². The molecule has 0 amide bonds. The molecule has 1 atom stereocenters. The van der Waals surface area contributed by atoms with Gasteiger partial charge in [0.1, 0.15) is 11.4 Å². The first-order chi connectivity index (χ1) is 15.2. The number of nitrogens with zero attached hydrogens (tertiary/aromatic N) is 1. The van der Waals surface area contributed by atoms with Crippen LogP contribution in [-0.4, -0.2) is 26.6 Å². The maximum atomic E-state index is 13.5. The molecular weight excluding hydrogens is 451 g/mol. The zero-order valence-corrected chi connectivity index (χ0v) is 19.9. The summed E-state index contributed by atoms with van der Waals surface area (Å²) in [6.07, 6.45) is 0.426. The van der Waals surface area contributed by atoms with E-state index in [1.165, 1.54) is 12.1 Å². The number of rotatable bonds is 10. The summed E-state index contributed by atoms with van der Waals surface area (Å²) in [5.41, 5.74) is 1.25. The molecule has 0 radical (unpaired) electrons. The van der Waals surface area contributed by atoms with Gasteiger partial charge in [-0.05, 0) is 44.5 Å². The first-order valence-electron chi connectivity index (χ1n) is 10.3. The van der Waals surface area contributed by atoms with Gasteiger partial charge in [-0.2, -0.15) is 0 Å². The summed E-state index contributed by atoms with van der Waals surface area (Å²) in [5, 5.41) is 5.21. The molecule has 0 bridgehead atoms. The van der Waals surface area contributed by atoms with Crippen molar-refractivity contribution in [3.05, 3.63) is 60.5 Å². The average Bonchev–Trinajstić information content (AvgIpc) is 3.19. The number of hydrogen-bond donors (Lipinski definition) is 1. The quantitative estimate of drug-likeness (QED) is 0.389. The van der Waals surface area contributed by atoms with Crippen LogP contribution in [0, 0.1) is 0 Å². The smallest absolute Gasteiger partial charge is 0.342 e. The fraction of sp³-hybridized carbons (Fsp3) is 0.318. The van der Waals surface area contributed by atoms with Gasteiger partial charge in [0.05, 0.1) is 18.1 Å². The number of nitrogens with two attached hydrogens (primary N) is 1. The molecule has 0 aliphatic carbocycles. The van der Waals surface area contributed by atoms with Crippen LogP contribution < -0.4 is 5.14 Å². The number of primary sulfonamides is 1. The number of sulfonamides is 1. The lowest BCUT2D eigenvalue weighted by atomic mass is 10.1. The molecule has 0 saturated heterocycles. The van der Waals surface area contributed by atoms with Gasteiger partial charge in [0.2, 0.25) is 15.9 Å². The van der Waals surface area contributed by atoms with Crippen molar-refractivity contribution in [3.63, 3.8) is 0 Å². The van der Waals surface area contributed by atoms with Gasteiger partial charge >= 0.3 is 7.60 Å². The van der Waals surface area contributed by atoms with Gasteiger partial charge in [-0.25, -0.2) is 18.5 Å². The van der Waals surface area contributed by atoms with Crippen LogP contribution in [0.5, 0.6) is 0 Å². The van der Waals surface area contributed by atoms with E-state index < -0.39 is 23.3 Å². The lowest BCUT2D eigenvalue weighted by Crippen LogP contribution is -2.11. The molecule has 0 fully saturated rings. The topological polar surface area (TPSA) is 122 Å². The van der Waals surface area contributed by atoms with Crippen LogP contribution in [0.4, 0.5) is 0 Å². The van der Waals surface area contributed by atoms with E-state index in [1.807, 2.05) is 37.3 Å². The Labute approximate surface area is 188 Å². The second-order valence-corrected chi connectivity index (χ2v) is 10.7. The fourth-order valence-corrected chi connectivity index (χ4v) is 5.87. The molecule has 1 aromatic heterocycles. The third-order valence-electron chi connectivity index (χ3n) is 4.81. The predicted molar refractivity (Wildman–Crippen MR) is 123 cm³/mol. The zero-order valence-electron chi connectivity index (χ0n) is 18.2. The van der Waals surface area contributed by atoms with E-state index in [0.717, 1.165) is 5.56 Å². The summed E-state index contributed by atoms with van der Waals surface area (Å²) < 4.78 is 53.9. The largest absolute Gasteiger partial charge is 0.439 e. The summed E-state index contributed by atoms with van der Waals surface area (Å²) in [6, 6.07) is 15.4. The van der Waals surface area contributed by atoms with Gasteiger partial charge in [0, 0.05) is 11.1 Å². The molecule has 172 valence electrons. The lowest BCUT2D eigenvalue weighted by Gasteiger charge is -2.23. The first-order valence-corrected chi connectivity index (χ1v) is 13.5. The summed E-state index contributed by atoms with van der Waals surface area (Å²) >= 11 is 0. The Morgan fingerprint density at radius 2 is 1.56 bits per heavy atom. The molecular formula is C22H27N2O6PS. The van der Waals surface area contributed by atoms with Gasteiger partial charge < -0.3 is 13.5 Å². The molecule has 1 unspecified atom stereocenters. The van der Waals surface area contributed by atoms with Crippen LogP contribution in [0.3, 0.4) is 0 Å². The Bertz CT molecular complexity index is 1180. The van der Waals surface area contributed by atoms with Crippen molar-refractivity contribution >= 4 is 17.6 Å². The van der Waals surface area contributed by atoms with Crippen LogP contribution in [-0.2, 0) is 23.6 Å². The highest BCUT2D eigenvalue weighted by atomic mass is 32.2. The maximum Gasteiger partial charge on any atom is 0.342 e. The number of hydrogen-bond acceptors (Lipinski definition) is 7. The molecule has 0 aliphatic rings. The number of aromatic nitrogens is 1. The van der Waals surface area contributed by atoms with Crippen molar-refractivity contribution < 1.29 is 26.4 Å². The molecule has 0 spiro atoms. The zero-order chi connectivity index (χ0) is 23.4. The van der Waals surface area contributed by atoms with Crippen molar-refractivity contribution in [3.8, 4) is 22.6 Å². The Balaban J connectivity index is 2.16. The van der Waals surface area contributed by atoms with Crippen LogP contribution in [0.2, 0.25) is 0 Å². The molecule has 1 heterocycles. The summed E-state index contributed by atoms with van der Waals surface area (Å²) in [5.74, 6) is 0.660. The molecule has 3 rings (SSSR count). The van der Waals surface area contributed by atoms with Crippen molar-refractivity contribution in [2.75, 3.05) is 13.2 Å². The minimum Gasteiger partial charge on any atom is -0.439 e. The number of oxazole rings is 1. The Hall–Kier alpha value is -2.29. The van der Waals surface area contributed by atoms with Crippen LogP contribution in [0.15, 0.2) is 63.9 Å². The SMILES string of the molecule is CCOP(=O)(OCC)C(CC)c1nc(-c2ccccc2)c(-c2ccc(S(N)(=O)=O)cc2)o1. The molecule has 32 heavy (non-hydrogen) atoms. The highest BCUT2D eigenvalue weighted by molar-refractivity contribution is 7.89. The van der Waals surface area contributed by atoms with Crippen molar-refractivity contribution in [1.29, 1.82) is 0 Å². The normalized spacial score (nSPS) is 13.2. The monoisotopic (exact) mass is 478 g/mol. The van der Waals surface area contributed by atoms with Gasteiger partial charge in [-0.3, -0.25) is 4.57 Å². The second kappa shape index (κ2) is 10.1. The molecule has 10 heteroatoms. The van der Waals surface area contributed by atoms with Crippen molar-refractivity contribution in [2.24, 2.45) is 5.14 Å². The van der Waals surface area contributed by atoms with Crippen molar-refractivity contribution in [2.45, 2.75) is 37.7 Å². The minimum atomic E-state index is -3.82. The minimum absolute atomic E-state index is 0.00845. The molecule has 0 saturated carbocycles. The average molecular weight is 479 g/mol. The van der Waals surface area contributed by atoms with E-state index in [9.17, 15) is 13.0 Å². The highest BCUT2D eigenvalue weighted by Crippen LogP contribution is 2.62. The molecule has 0 aliphatic heterocycles. The van der Waals surface area contributed by atoms with E-state index >= 15 is 0 Å². The Kier molecular flexibility index (Phi) is 7.69. The Morgan fingerprint density at radius 3 is 2.06 bits per heavy atom. The maximum absolute atomic E-state index is 13.5. The van der Waals surface area contributed by atoms with Gasteiger partial charge in [-0.15, -0.1) is 0 Å². The molecule has 8 nitrogen and oxygen atoms in total. The van der Waals surface area contributed by atoms with Gasteiger partial charge in [0.25, 0.3) is 0 Å². The van der Waals surface area contributed by atoms with E-state index in [0.29, 0.717) is 23.4 Å². The molecule has 2 N–H and O–H groups in total. The van der Waals surface area contributed by atoms with E-state index in [-0.39, 0.29) is 24.0 Å². The second-order valence-electron chi connectivity index (χ2n) is 6.96.